The first-order valence-electron chi connectivity index (χ1n) is 15.0. The SMILES string of the molecule is CCOC(=O)CNC(=O)NCc1cccc(-c2cccc([C@H]3O[C@@H](Cn4cnc(Cl)c4Cl)[C@@H](C)[C@@H](c4ccc(CO)cc4)O3)c2)c1. The number of aliphatic hydroxyl groups excluding tert-OH is 1. The highest BCUT2D eigenvalue weighted by molar-refractivity contribution is 6.40. The van der Waals surface area contributed by atoms with Crippen molar-refractivity contribution in [3.63, 3.8) is 0 Å². The van der Waals surface area contributed by atoms with E-state index in [2.05, 4.69) is 22.5 Å². The molecule has 1 fully saturated rings. The van der Waals surface area contributed by atoms with Gasteiger partial charge in [0, 0.05) is 18.0 Å². The Morgan fingerprint density at radius 1 is 0.957 bits per heavy atom. The smallest absolute Gasteiger partial charge is 0.325 e. The first-order valence-corrected chi connectivity index (χ1v) is 15.7. The van der Waals surface area contributed by atoms with Gasteiger partial charge in [-0.1, -0.05) is 90.8 Å². The number of nitrogens with one attached hydrogen (secondary N) is 2. The predicted octanol–water partition coefficient (Wildman–Crippen LogP) is 6.20. The Morgan fingerprint density at radius 3 is 2.39 bits per heavy atom. The zero-order chi connectivity index (χ0) is 32.6. The molecule has 242 valence electrons. The Hall–Kier alpha value is -3.93. The standard InChI is InChI=1S/C34H36Cl2N4O6/c1-3-44-29(42)17-38-34(43)37-16-23-6-4-7-25(14-23)26-8-5-9-27(15-26)33-45-28(18-40-20-39-31(35)32(40)36)21(2)30(46-33)24-12-10-22(19-41)11-13-24/h4-15,20-21,28,30,33,41H,3,16-19H2,1-2H3,(H2,37,38,43)/t21-,28+,30+,33+/m1/s1. The molecular formula is C34H36Cl2N4O6. The van der Waals surface area contributed by atoms with E-state index in [1.54, 1.807) is 17.8 Å². The molecule has 4 atom stereocenters. The van der Waals surface area contributed by atoms with Gasteiger partial charge in [-0.05, 0) is 46.9 Å². The zero-order valence-corrected chi connectivity index (χ0v) is 27.0. The average Bonchev–Trinajstić information content (AvgIpc) is 3.40. The molecule has 0 unspecified atom stereocenters. The summed E-state index contributed by atoms with van der Waals surface area (Å²) in [6.45, 7) is 4.49. The highest BCUT2D eigenvalue weighted by atomic mass is 35.5. The number of benzene rings is 3. The van der Waals surface area contributed by atoms with E-state index in [9.17, 15) is 14.7 Å². The second-order valence-corrected chi connectivity index (χ2v) is 11.7. The average molecular weight is 668 g/mol. The van der Waals surface area contributed by atoms with Gasteiger partial charge in [-0.3, -0.25) is 4.79 Å². The molecule has 1 saturated heterocycles. The molecule has 0 saturated carbocycles. The number of rotatable bonds is 11. The lowest BCUT2D eigenvalue weighted by molar-refractivity contribution is -0.276. The number of carbonyl (C=O) groups excluding carboxylic acids is 2. The Bertz CT molecular complexity index is 1650. The van der Waals surface area contributed by atoms with E-state index in [0.29, 0.717) is 11.7 Å². The van der Waals surface area contributed by atoms with Crippen LogP contribution in [0, 0.1) is 5.92 Å². The van der Waals surface area contributed by atoms with Crippen LogP contribution in [0.1, 0.15) is 48.5 Å². The van der Waals surface area contributed by atoms with Gasteiger partial charge < -0.3 is 34.5 Å². The van der Waals surface area contributed by atoms with Crippen LogP contribution in [-0.4, -0.2) is 45.9 Å². The number of carbonyl (C=O) groups is 2. The molecule has 12 heteroatoms. The van der Waals surface area contributed by atoms with E-state index in [-0.39, 0.29) is 49.6 Å². The molecule has 0 bridgehead atoms. The van der Waals surface area contributed by atoms with Crippen molar-refractivity contribution in [1.29, 1.82) is 0 Å². The molecule has 10 nitrogen and oxygen atoms in total. The molecule has 2 heterocycles. The topological polar surface area (TPSA) is 124 Å². The van der Waals surface area contributed by atoms with Crippen LogP contribution < -0.4 is 10.6 Å². The molecule has 1 aliphatic rings. The van der Waals surface area contributed by atoms with Gasteiger partial charge in [0.15, 0.2) is 11.4 Å². The molecule has 4 aromatic rings. The number of hydrogen-bond acceptors (Lipinski definition) is 7. The first kappa shape index (κ1) is 33.4. The van der Waals surface area contributed by atoms with Crippen molar-refractivity contribution in [2.45, 2.75) is 52.0 Å². The molecule has 0 radical (unpaired) electrons. The minimum Gasteiger partial charge on any atom is -0.465 e. The third kappa shape index (κ3) is 8.26. The van der Waals surface area contributed by atoms with Crippen LogP contribution in [0.3, 0.4) is 0 Å². The number of urea groups is 1. The van der Waals surface area contributed by atoms with Crippen LogP contribution in [0.4, 0.5) is 4.79 Å². The lowest BCUT2D eigenvalue weighted by Crippen LogP contribution is -2.39. The number of amides is 2. The molecule has 5 rings (SSSR count). The molecule has 46 heavy (non-hydrogen) atoms. The van der Waals surface area contributed by atoms with Crippen LogP contribution in [0.5, 0.6) is 0 Å². The lowest BCUT2D eigenvalue weighted by atomic mass is 9.90. The fourth-order valence-electron chi connectivity index (χ4n) is 5.33. The van der Waals surface area contributed by atoms with Crippen LogP contribution in [0.25, 0.3) is 11.1 Å². The van der Waals surface area contributed by atoms with E-state index in [1.165, 1.54) is 0 Å². The van der Waals surface area contributed by atoms with Gasteiger partial charge in [0.05, 0.1) is 38.3 Å². The van der Waals surface area contributed by atoms with E-state index < -0.39 is 18.3 Å². The number of nitrogens with zero attached hydrogens (tertiary/aromatic N) is 2. The largest absolute Gasteiger partial charge is 0.465 e. The number of imidazole rings is 1. The lowest BCUT2D eigenvalue weighted by Gasteiger charge is -2.41. The van der Waals surface area contributed by atoms with Gasteiger partial charge in [-0.25, -0.2) is 9.78 Å². The second-order valence-electron chi connectivity index (χ2n) is 11.0. The summed E-state index contributed by atoms with van der Waals surface area (Å²) in [5, 5.41) is 15.4. The number of hydrogen-bond donors (Lipinski definition) is 3. The minimum atomic E-state index is -0.686. The maximum atomic E-state index is 12.2. The quantitative estimate of drug-likeness (QED) is 0.163. The molecule has 1 aromatic heterocycles. The van der Waals surface area contributed by atoms with Crippen molar-refractivity contribution in [2.24, 2.45) is 5.92 Å². The summed E-state index contributed by atoms with van der Waals surface area (Å²) < 4.78 is 19.8. The summed E-state index contributed by atoms with van der Waals surface area (Å²) in [6, 6.07) is 23.0. The van der Waals surface area contributed by atoms with Crippen molar-refractivity contribution in [2.75, 3.05) is 13.2 Å². The maximum Gasteiger partial charge on any atom is 0.325 e. The van der Waals surface area contributed by atoms with Gasteiger partial charge in [0.1, 0.15) is 11.7 Å². The third-order valence-electron chi connectivity index (χ3n) is 7.80. The van der Waals surface area contributed by atoms with Crippen LogP contribution in [0.15, 0.2) is 79.1 Å². The fraction of sp³-hybridized carbons (Fsp3) is 0.324. The van der Waals surface area contributed by atoms with Crippen molar-refractivity contribution >= 4 is 35.2 Å². The highest BCUT2D eigenvalue weighted by Crippen LogP contribution is 2.43. The van der Waals surface area contributed by atoms with E-state index in [0.717, 1.165) is 33.4 Å². The Kier molecular flexibility index (Phi) is 11.3. The predicted molar refractivity (Wildman–Crippen MR) is 174 cm³/mol. The number of aliphatic hydroxyl groups is 1. The summed E-state index contributed by atoms with van der Waals surface area (Å²) in [4.78, 5) is 27.8. The monoisotopic (exact) mass is 666 g/mol. The number of ether oxygens (including phenoxy) is 3. The molecule has 0 aliphatic carbocycles. The summed E-state index contributed by atoms with van der Waals surface area (Å²) in [5.41, 5.74) is 5.41. The normalized spacial score (nSPS) is 19.4. The van der Waals surface area contributed by atoms with Gasteiger partial charge in [0.25, 0.3) is 0 Å². The molecule has 0 spiro atoms. The number of aromatic nitrogens is 2. The molecule has 3 aromatic carbocycles. The second kappa shape index (κ2) is 15.6. The molecule has 3 N–H and O–H groups in total. The zero-order valence-electron chi connectivity index (χ0n) is 25.5. The summed E-state index contributed by atoms with van der Waals surface area (Å²) >= 11 is 12.5. The Balaban J connectivity index is 1.35. The van der Waals surface area contributed by atoms with Crippen LogP contribution >= 0.6 is 23.2 Å². The van der Waals surface area contributed by atoms with Gasteiger partial charge in [-0.15, -0.1) is 0 Å². The Morgan fingerprint density at radius 2 is 1.70 bits per heavy atom. The van der Waals surface area contributed by atoms with E-state index in [1.807, 2.05) is 72.8 Å². The highest BCUT2D eigenvalue weighted by Gasteiger charge is 2.39. The van der Waals surface area contributed by atoms with Gasteiger partial charge in [0.2, 0.25) is 0 Å². The summed E-state index contributed by atoms with van der Waals surface area (Å²) in [5.74, 6) is -0.553. The van der Waals surface area contributed by atoms with Crippen molar-refractivity contribution < 1.29 is 28.9 Å². The van der Waals surface area contributed by atoms with Crippen molar-refractivity contribution in [3.05, 3.63) is 112 Å². The van der Waals surface area contributed by atoms with Crippen LogP contribution in [0.2, 0.25) is 10.3 Å². The van der Waals surface area contributed by atoms with Crippen LogP contribution in [-0.2, 0) is 38.7 Å². The van der Waals surface area contributed by atoms with Gasteiger partial charge in [-0.2, -0.15) is 0 Å². The van der Waals surface area contributed by atoms with Crippen molar-refractivity contribution in [3.8, 4) is 11.1 Å². The van der Waals surface area contributed by atoms with E-state index in [4.69, 9.17) is 37.4 Å². The number of esters is 1. The Labute approximate surface area is 277 Å². The number of halogens is 2. The maximum absolute atomic E-state index is 12.2. The summed E-state index contributed by atoms with van der Waals surface area (Å²) in [6.07, 6.45) is 0.316. The minimum absolute atomic E-state index is 0.0393. The molecule has 1 aliphatic heterocycles. The first-order chi connectivity index (χ1) is 22.2. The third-order valence-corrected chi connectivity index (χ3v) is 8.57. The molecular weight excluding hydrogens is 631 g/mol. The van der Waals surface area contributed by atoms with Crippen molar-refractivity contribution in [1.82, 2.24) is 20.2 Å². The summed E-state index contributed by atoms with van der Waals surface area (Å²) in [7, 11) is 0. The fourth-order valence-corrected chi connectivity index (χ4v) is 5.64. The van der Waals surface area contributed by atoms with E-state index >= 15 is 0 Å². The van der Waals surface area contributed by atoms with Gasteiger partial charge >= 0.3 is 12.0 Å². The molecule has 2 amide bonds.